The van der Waals surface area contributed by atoms with Gasteiger partial charge >= 0.3 is 0 Å². The summed E-state index contributed by atoms with van der Waals surface area (Å²) in [7, 11) is 0. The number of rotatable bonds is 6. The molecule has 88 valence electrons. The molecule has 0 atom stereocenters. The summed E-state index contributed by atoms with van der Waals surface area (Å²) in [5.41, 5.74) is 0.800. The normalized spacial score (nSPS) is 10.4. The van der Waals surface area contributed by atoms with E-state index >= 15 is 0 Å². The predicted octanol–water partition coefficient (Wildman–Crippen LogP) is 1.72. The zero-order chi connectivity index (χ0) is 12.0. The van der Waals surface area contributed by atoms with Gasteiger partial charge in [-0.15, -0.1) is 0 Å². The van der Waals surface area contributed by atoms with Gasteiger partial charge in [0.2, 0.25) is 0 Å². The van der Waals surface area contributed by atoms with Crippen LogP contribution in [0.15, 0.2) is 18.2 Å². The number of non-ortho nitro benzene ring substituents is 1. The number of nitro benzene ring substituents is 1. The van der Waals surface area contributed by atoms with Crippen LogP contribution in [0, 0.1) is 10.1 Å². The number of aliphatic hydroxyl groups is 1. The summed E-state index contributed by atoms with van der Waals surface area (Å²) in [5.74, 6) is 0. The first-order chi connectivity index (χ1) is 7.65. The molecular weight excluding hydrogens is 232 g/mol. The Kier molecular flexibility index (Phi) is 5.18. The number of nitrogens with zero attached hydrogens (tertiary/aromatic N) is 1. The van der Waals surface area contributed by atoms with Gasteiger partial charge in [0.15, 0.2) is 0 Å². The molecule has 0 aliphatic heterocycles. The molecule has 0 heterocycles. The lowest BCUT2D eigenvalue weighted by molar-refractivity contribution is -0.384. The molecule has 0 amide bonds. The van der Waals surface area contributed by atoms with E-state index in [-0.39, 0.29) is 12.3 Å². The molecule has 2 N–H and O–H groups in total. The van der Waals surface area contributed by atoms with Crippen molar-refractivity contribution in [1.29, 1.82) is 0 Å². The van der Waals surface area contributed by atoms with Crippen molar-refractivity contribution in [2.45, 2.75) is 13.0 Å². The van der Waals surface area contributed by atoms with Crippen molar-refractivity contribution in [1.82, 2.24) is 5.32 Å². The van der Waals surface area contributed by atoms with Gasteiger partial charge in [-0.2, -0.15) is 0 Å². The number of hydrogen-bond donors (Lipinski definition) is 2. The number of aliphatic hydroxyl groups excluding tert-OH is 1. The van der Waals surface area contributed by atoms with Gasteiger partial charge in [-0.05, 0) is 24.6 Å². The monoisotopic (exact) mass is 244 g/mol. The van der Waals surface area contributed by atoms with Crippen molar-refractivity contribution < 1.29 is 10.0 Å². The Morgan fingerprint density at radius 3 is 2.81 bits per heavy atom. The maximum absolute atomic E-state index is 10.5. The molecule has 5 nitrogen and oxygen atoms in total. The Balaban J connectivity index is 2.57. The second-order valence-electron chi connectivity index (χ2n) is 3.29. The second-order valence-corrected chi connectivity index (χ2v) is 3.69. The Morgan fingerprint density at radius 1 is 1.50 bits per heavy atom. The summed E-state index contributed by atoms with van der Waals surface area (Å²) in [4.78, 5) is 9.99. The van der Waals surface area contributed by atoms with Crippen molar-refractivity contribution in [2.75, 3.05) is 13.2 Å². The SMILES string of the molecule is O=[N+]([O-])c1ccc(CNCCCO)c(Cl)c1. The van der Waals surface area contributed by atoms with Gasteiger partial charge < -0.3 is 10.4 Å². The second kappa shape index (κ2) is 6.42. The fourth-order valence-corrected chi connectivity index (χ4v) is 1.46. The Bertz CT molecular complexity index is 371. The molecule has 1 rings (SSSR count). The summed E-state index contributed by atoms with van der Waals surface area (Å²) in [6.07, 6.45) is 0.671. The first-order valence-corrected chi connectivity index (χ1v) is 5.27. The number of halogens is 1. The van der Waals surface area contributed by atoms with Crippen LogP contribution >= 0.6 is 11.6 Å². The largest absolute Gasteiger partial charge is 0.396 e. The Labute approximate surface area is 98.2 Å². The highest BCUT2D eigenvalue weighted by atomic mass is 35.5. The average Bonchev–Trinajstić information content (AvgIpc) is 2.26. The standard InChI is InChI=1S/C10H13ClN2O3/c11-10-6-9(13(15)16)3-2-8(10)7-12-4-1-5-14/h2-3,6,12,14H,1,4-5,7H2. The highest BCUT2D eigenvalue weighted by Gasteiger charge is 2.08. The maximum atomic E-state index is 10.5. The van der Waals surface area contributed by atoms with Gasteiger partial charge in [0, 0.05) is 25.3 Å². The number of benzene rings is 1. The van der Waals surface area contributed by atoms with E-state index in [4.69, 9.17) is 16.7 Å². The van der Waals surface area contributed by atoms with E-state index in [1.807, 2.05) is 0 Å². The molecule has 16 heavy (non-hydrogen) atoms. The topological polar surface area (TPSA) is 75.4 Å². The highest BCUT2D eigenvalue weighted by Crippen LogP contribution is 2.22. The first-order valence-electron chi connectivity index (χ1n) is 4.89. The summed E-state index contributed by atoms with van der Waals surface area (Å²) < 4.78 is 0. The zero-order valence-electron chi connectivity index (χ0n) is 8.65. The van der Waals surface area contributed by atoms with Crippen LogP contribution in [0.4, 0.5) is 5.69 Å². The minimum Gasteiger partial charge on any atom is -0.396 e. The molecule has 0 bridgehead atoms. The first kappa shape index (κ1) is 12.9. The smallest absolute Gasteiger partial charge is 0.270 e. The van der Waals surface area contributed by atoms with Gasteiger partial charge in [-0.3, -0.25) is 10.1 Å². The molecule has 1 aromatic rings. The van der Waals surface area contributed by atoms with E-state index in [1.54, 1.807) is 6.07 Å². The third-order valence-corrected chi connectivity index (χ3v) is 2.43. The average molecular weight is 245 g/mol. The van der Waals surface area contributed by atoms with E-state index in [1.165, 1.54) is 12.1 Å². The van der Waals surface area contributed by atoms with Gasteiger partial charge in [0.25, 0.3) is 5.69 Å². The van der Waals surface area contributed by atoms with Crippen LogP contribution < -0.4 is 5.32 Å². The number of nitro groups is 1. The molecule has 0 saturated heterocycles. The maximum Gasteiger partial charge on any atom is 0.270 e. The van der Waals surface area contributed by atoms with E-state index < -0.39 is 4.92 Å². The molecule has 0 unspecified atom stereocenters. The lowest BCUT2D eigenvalue weighted by Crippen LogP contribution is -2.15. The van der Waals surface area contributed by atoms with Crippen LogP contribution in [-0.4, -0.2) is 23.2 Å². The lowest BCUT2D eigenvalue weighted by atomic mass is 10.2. The van der Waals surface area contributed by atoms with E-state index in [0.29, 0.717) is 24.5 Å². The van der Waals surface area contributed by atoms with Crippen LogP contribution in [0.2, 0.25) is 5.02 Å². The molecule has 0 spiro atoms. The summed E-state index contributed by atoms with van der Waals surface area (Å²) in [5, 5.41) is 22.5. The fourth-order valence-electron chi connectivity index (χ4n) is 1.22. The quantitative estimate of drug-likeness (QED) is 0.454. The van der Waals surface area contributed by atoms with Crippen LogP contribution in [0.1, 0.15) is 12.0 Å². The van der Waals surface area contributed by atoms with Crippen molar-refractivity contribution >= 4 is 17.3 Å². The number of hydrogen-bond acceptors (Lipinski definition) is 4. The van der Waals surface area contributed by atoms with Crippen LogP contribution in [0.25, 0.3) is 0 Å². The third-order valence-electron chi connectivity index (χ3n) is 2.07. The Morgan fingerprint density at radius 2 is 2.25 bits per heavy atom. The van der Waals surface area contributed by atoms with Gasteiger partial charge in [-0.25, -0.2) is 0 Å². The van der Waals surface area contributed by atoms with Crippen molar-refractivity contribution in [3.63, 3.8) is 0 Å². The van der Waals surface area contributed by atoms with Crippen molar-refractivity contribution in [3.8, 4) is 0 Å². The summed E-state index contributed by atoms with van der Waals surface area (Å²) in [6.45, 7) is 1.36. The molecule has 0 aliphatic carbocycles. The third kappa shape index (κ3) is 3.77. The molecule has 0 fully saturated rings. The van der Waals surface area contributed by atoms with Crippen molar-refractivity contribution in [3.05, 3.63) is 38.9 Å². The summed E-state index contributed by atoms with van der Waals surface area (Å²) in [6, 6.07) is 4.39. The van der Waals surface area contributed by atoms with Crippen LogP contribution in [-0.2, 0) is 6.54 Å². The number of nitrogens with one attached hydrogen (secondary N) is 1. The molecule has 0 saturated carbocycles. The molecule has 6 heteroatoms. The minimum absolute atomic E-state index is 0.0101. The van der Waals surface area contributed by atoms with E-state index in [2.05, 4.69) is 5.32 Å². The van der Waals surface area contributed by atoms with Gasteiger partial charge in [0.05, 0.1) is 9.95 Å². The van der Waals surface area contributed by atoms with E-state index in [0.717, 1.165) is 5.56 Å². The predicted molar refractivity (Wildman–Crippen MR) is 61.5 cm³/mol. The highest BCUT2D eigenvalue weighted by molar-refractivity contribution is 6.31. The molecular formula is C10H13ClN2O3. The fraction of sp³-hybridized carbons (Fsp3) is 0.400. The van der Waals surface area contributed by atoms with Crippen molar-refractivity contribution in [2.24, 2.45) is 0 Å². The van der Waals surface area contributed by atoms with Crippen LogP contribution in [0.3, 0.4) is 0 Å². The zero-order valence-corrected chi connectivity index (χ0v) is 9.41. The summed E-state index contributed by atoms with van der Waals surface area (Å²) >= 11 is 5.89. The molecule has 1 aromatic carbocycles. The minimum atomic E-state index is -0.477. The van der Waals surface area contributed by atoms with Gasteiger partial charge in [0.1, 0.15) is 0 Å². The lowest BCUT2D eigenvalue weighted by Gasteiger charge is -2.05. The Hall–Kier alpha value is -1.17. The van der Waals surface area contributed by atoms with Crippen LogP contribution in [0.5, 0.6) is 0 Å². The van der Waals surface area contributed by atoms with E-state index in [9.17, 15) is 10.1 Å². The van der Waals surface area contributed by atoms with Gasteiger partial charge in [-0.1, -0.05) is 11.6 Å². The molecule has 0 aliphatic rings. The molecule has 0 radical (unpaired) electrons. The molecule has 0 aromatic heterocycles.